The van der Waals surface area contributed by atoms with Gasteiger partial charge in [0.25, 0.3) is 0 Å². The molecule has 0 radical (unpaired) electrons. The van der Waals surface area contributed by atoms with E-state index in [2.05, 4.69) is 37.5 Å². The van der Waals surface area contributed by atoms with Crippen LogP contribution in [-0.4, -0.2) is 6.54 Å². The third-order valence-corrected chi connectivity index (χ3v) is 4.85. The first kappa shape index (κ1) is 16.7. The molecule has 110 valence electrons. The van der Waals surface area contributed by atoms with Gasteiger partial charge in [-0.15, -0.1) is 11.3 Å². The molecular weight excluding hydrogens is 250 g/mol. The summed E-state index contributed by atoms with van der Waals surface area (Å²) in [5, 5.41) is 5.92. The molecule has 0 aliphatic rings. The Kier molecular flexibility index (Phi) is 9.19. The zero-order valence-corrected chi connectivity index (χ0v) is 13.8. The van der Waals surface area contributed by atoms with Crippen LogP contribution in [0.1, 0.15) is 82.2 Å². The fourth-order valence-electron chi connectivity index (χ4n) is 2.65. The highest BCUT2D eigenvalue weighted by Gasteiger charge is 2.14. The largest absolute Gasteiger partial charge is 0.310 e. The van der Waals surface area contributed by atoms with Crippen LogP contribution in [0.25, 0.3) is 0 Å². The Morgan fingerprint density at radius 2 is 1.79 bits per heavy atom. The van der Waals surface area contributed by atoms with E-state index in [1.165, 1.54) is 44.9 Å². The lowest BCUT2D eigenvalue weighted by Gasteiger charge is -2.18. The average Bonchev–Trinajstić information content (AvgIpc) is 2.89. The van der Waals surface area contributed by atoms with Gasteiger partial charge >= 0.3 is 0 Å². The molecule has 0 aliphatic carbocycles. The van der Waals surface area contributed by atoms with Gasteiger partial charge < -0.3 is 5.32 Å². The number of nitrogens with one attached hydrogen (secondary N) is 1. The van der Waals surface area contributed by atoms with Gasteiger partial charge in [-0.2, -0.15) is 0 Å². The number of hydrogen-bond acceptors (Lipinski definition) is 2. The van der Waals surface area contributed by atoms with Crippen LogP contribution in [0.5, 0.6) is 0 Å². The molecule has 1 N–H and O–H groups in total. The molecule has 19 heavy (non-hydrogen) atoms. The molecule has 0 bridgehead atoms. The maximum Gasteiger partial charge on any atom is 0.0417 e. The van der Waals surface area contributed by atoms with Crippen molar-refractivity contribution in [1.29, 1.82) is 0 Å². The van der Waals surface area contributed by atoms with Gasteiger partial charge in [-0.1, -0.05) is 59.3 Å². The maximum atomic E-state index is 3.67. The Morgan fingerprint density at radius 1 is 1.05 bits per heavy atom. The maximum absolute atomic E-state index is 3.67. The second-order valence-corrected chi connectivity index (χ2v) is 6.28. The zero-order chi connectivity index (χ0) is 13.9. The first-order chi connectivity index (χ1) is 9.33. The first-order valence-corrected chi connectivity index (χ1v) is 9.01. The molecule has 0 spiro atoms. The van der Waals surface area contributed by atoms with Crippen LogP contribution >= 0.6 is 11.3 Å². The number of aryl methyl sites for hydroxylation is 1. The van der Waals surface area contributed by atoms with E-state index in [9.17, 15) is 0 Å². The van der Waals surface area contributed by atoms with Crippen molar-refractivity contribution in [3.8, 4) is 0 Å². The Hall–Kier alpha value is -0.340. The van der Waals surface area contributed by atoms with Gasteiger partial charge in [0.2, 0.25) is 0 Å². The lowest BCUT2D eigenvalue weighted by Crippen LogP contribution is -2.20. The van der Waals surface area contributed by atoms with Gasteiger partial charge in [0.05, 0.1) is 0 Å². The summed E-state index contributed by atoms with van der Waals surface area (Å²) in [6.45, 7) is 7.83. The van der Waals surface area contributed by atoms with Gasteiger partial charge in [-0.05, 0) is 36.4 Å². The summed E-state index contributed by atoms with van der Waals surface area (Å²) in [4.78, 5) is 1.58. The Bertz CT molecular complexity index is 319. The van der Waals surface area contributed by atoms with Gasteiger partial charge in [0.15, 0.2) is 0 Å². The Balaban J connectivity index is 2.36. The van der Waals surface area contributed by atoms with Crippen LogP contribution in [-0.2, 0) is 6.42 Å². The third kappa shape index (κ3) is 6.09. The molecule has 2 heteroatoms. The van der Waals surface area contributed by atoms with E-state index in [0.29, 0.717) is 6.04 Å². The van der Waals surface area contributed by atoms with Gasteiger partial charge in [0.1, 0.15) is 0 Å². The second-order valence-electron chi connectivity index (χ2n) is 5.33. The van der Waals surface area contributed by atoms with Crippen molar-refractivity contribution >= 4 is 11.3 Å². The molecular formula is C17H31NS. The summed E-state index contributed by atoms with van der Waals surface area (Å²) in [7, 11) is 0. The normalized spacial score (nSPS) is 12.8. The fraction of sp³-hybridized carbons (Fsp3) is 0.765. The van der Waals surface area contributed by atoms with Crippen LogP contribution in [0.4, 0.5) is 0 Å². The van der Waals surface area contributed by atoms with E-state index in [4.69, 9.17) is 0 Å². The molecule has 0 aliphatic heterocycles. The standard InChI is InChI=1S/C17H31NS/c1-4-7-8-9-10-11-12-16(18-6-3)17-15(5-2)13-14-19-17/h13-14,16,18H,4-12H2,1-3H3. The lowest BCUT2D eigenvalue weighted by molar-refractivity contribution is 0.480. The molecule has 1 heterocycles. The van der Waals surface area contributed by atoms with E-state index in [1.54, 1.807) is 10.4 Å². The number of thiophene rings is 1. The molecule has 1 rings (SSSR count). The second kappa shape index (κ2) is 10.4. The molecule has 1 atom stereocenters. The molecule has 0 saturated carbocycles. The molecule has 0 amide bonds. The highest BCUT2D eigenvalue weighted by Crippen LogP contribution is 2.29. The van der Waals surface area contributed by atoms with Crippen LogP contribution in [0.3, 0.4) is 0 Å². The van der Waals surface area contributed by atoms with E-state index in [-0.39, 0.29) is 0 Å². The predicted molar refractivity (Wildman–Crippen MR) is 88.1 cm³/mol. The smallest absolute Gasteiger partial charge is 0.0417 e. The summed E-state index contributed by atoms with van der Waals surface area (Å²) in [5.74, 6) is 0. The van der Waals surface area contributed by atoms with E-state index >= 15 is 0 Å². The summed E-state index contributed by atoms with van der Waals surface area (Å²) in [5.41, 5.74) is 1.54. The fourth-order valence-corrected chi connectivity index (χ4v) is 3.75. The van der Waals surface area contributed by atoms with E-state index in [0.717, 1.165) is 13.0 Å². The minimum absolute atomic E-state index is 0.589. The molecule has 1 aromatic rings. The van der Waals surface area contributed by atoms with Crippen LogP contribution in [0, 0.1) is 0 Å². The van der Waals surface area contributed by atoms with Crippen molar-refractivity contribution in [2.24, 2.45) is 0 Å². The number of hydrogen-bond donors (Lipinski definition) is 1. The minimum atomic E-state index is 0.589. The first-order valence-electron chi connectivity index (χ1n) is 8.13. The summed E-state index contributed by atoms with van der Waals surface area (Å²) < 4.78 is 0. The van der Waals surface area contributed by atoms with E-state index < -0.39 is 0 Å². The predicted octanol–water partition coefficient (Wildman–Crippen LogP) is 5.71. The highest BCUT2D eigenvalue weighted by atomic mass is 32.1. The van der Waals surface area contributed by atoms with Gasteiger partial charge in [0, 0.05) is 10.9 Å². The average molecular weight is 282 g/mol. The Labute approximate surface area is 123 Å². The van der Waals surface area contributed by atoms with Crippen molar-refractivity contribution in [1.82, 2.24) is 5.32 Å². The van der Waals surface area contributed by atoms with Gasteiger partial charge in [-0.25, -0.2) is 0 Å². The SMILES string of the molecule is CCCCCCCCC(NCC)c1sccc1CC. The quantitative estimate of drug-likeness (QED) is 0.512. The molecule has 1 nitrogen and oxygen atoms in total. The molecule has 1 aromatic heterocycles. The van der Waals surface area contributed by atoms with Crippen LogP contribution < -0.4 is 5.32 Å². The van der Waals surface area contributed by atoms with Gasteiger partial charge in [-0.3, -0.25) is 0 Å². The molecule has 0 aromatic carbocycles. The molecule has 1 unspecified atom stereocenters. The third-order valence-electron chi connectivity index (χ3n) is 3.77. The molecule has 0 fully saturated rings. The molecule has 0 saturated heterocycles. The van der Waals surface area contributed by atoms with Crippen molar-refractivity contribution in [2.75, 3.05) is 6.54 Å². The topological polar surface area (TPSA) is 12.0 Å². The summed E-state index contributed by atoms with van der Waals surface area (Å²) in [6, 6.07) is 2.89. The lowest BCUT2D eigenvalue weighted by atomic mass is 10.0. The van der Waals surface area contributed by atoms with Crippen LogP contribution in [0.15, 0.2) is 11.4 Å². The van der Waals surface area contributed by atoms with Crippen LogP contribution in [0.2, 0.25) is 0 Å². The Morgan fingerprint density at radius 3 is 2.47 bits per heavy atom. The zero-order valence-electron chi connectivity index (χ0n) is 13.0. The summed E-state index contributed by atoms with van der Waals surface area (Å²) in [6.07, 6.45) is 10.8. The van der Waals surface area contributed by atoms with Crippen molar-refractivity contribution in [3.63, 3.8) is 0 Å². The number of unbranched alkanes of at least 4 members (excludes halogenated alkanes) is 5. The minimum Gasteiger partial charge on any atom is -0.310 e. The summed E-state index contributed by atoms with van der Waals surface area (Å²) >= 11 is 1.93. The van der Waals surface area contributed by atoms with Crippen molar-refractivity contribution < 1.29 is 0 Å². The highest BCUT2D eigenvalue weighted by molar-refractivity contribution is 7.10. The number of rotatable bonds is 11. The van der Waals surface area contributed by atoms with Crippen molar-refractivity contribution in [2.45, 2.75) is 78.2 Å². The monoisotopic (exact) mass is 281 g/mol. The van der Waals surface area contributed by atoms with E-state index in [1.807, 2.05) is 11.3 Å². The van der Waals surface area contributed by atoms with Crippen molar-refractivity contribution in [3.05, 3.63) is 21.9 Å².